The summed E-state index contributed by atoms with van der Waals surface area (Å²) in [5, 5.41) is 12.7. The van der Waals surface area contributed by atoms with Crippen LogP contribution >= 0.6 is 11.3 Å². The summed E-state index contributed by atoms with van der Waals surface area (Å²) < 4.78 is 65.8. The van der Waals surface area contributed by atoms with Crippen LogP contribution in [0.4, 0.5) is 19.1 Å². The van der Waals surface area contributed by atoms with E-state index in [9.17, 15) is 26.7 Å². The highest BCUT2D eigenvalue weighted by molar-refractivity contribution is 7.88. The lowest BCUT2D eigenvalue weighted by Crippen LogP contribution is -2.42. The van der Waals surface area contributed by atoms with Crippen LogP contribution in [-0.4, -0.2) is 58.2 Å². The smallest absolute Gasteiger partial charge is 0.392 e. The number of aliphatic hydroxyl groups is 1. The summed E-state index contributed by atoms with van der Waals surface area (Å²) in [7, 11) is -3.28. The van der Waals surface area contributed by atoms with Crippen molar-refractivity contribution in [2.45, 2.75) is 31.7 Å². The Bertz CT molecular complexity index is 1260. The fourth-order valence-electron chi connectivity index (χ4n) is 3.63. The number of piperidine rings is 1. The first-order valence-electron chi connectivity index (χ1n) is 10.4. The summed E-state index contributed by atoms with van der Waals surface area (Å²) in [5.74, 6) is 0.0445. The highest BCUT2D eigenvalue weighted by Crippen LogP contribution is 2.39. The largest absolute Gasteiger partial charge is 0.420 e. The van der Waals surface area contributed by atoms with Gasteiger partial charge in [0.15, 0.2) is 0 Å². The Kier molecular flexibility index (Phi) is 6.90. The molecule has 0 bridgehead atoms. The van der Waals surface area contributed by atoms with Gasteiger partial charge in [-0.1, -0.05) is 24.3 Å². The van der Waals surface area contributed by atoms with Gasteiger partial charge in [-0.2, -0.15) is 13.2 Å². The number of halogens is 3. The third-order valence-corrected chi connectivity index (χ3v) is 7.83. The molecule has 3 heterocycles. The van der Waals surface area contributed by atoms with Crippen LogP contribution in [0.25, 0.3) is 21.1 Å². The first kappa shape index (κ1) is 24.5. The van der Waals surface area contributed by atoms with Crippen LogP contribution < -0.4 is 5.32 Å². The molecule has 1 aromatic carbocycles. The van der Waals surface area contributed by atoms with Gasteiger partial charge in [-0.15, -0.1) is 11.3 Å². The number of thiazole rings is 1. The van der Waals surface area contributed by atoms with E-state index in [0.29, 0.717) is 42.1 Å². The standard InChI is InChI=1S/C21H22F3N5O3S2/c1-34(31,32)29-8-6-15(7-9-29)27-20-26-10-16(21(22,23)24)18(28-20)17-11-25-19(33-17)14-4-2-13(12-30)3-5-14/h2-5,10-11,15,30H,6-9,12H2,1H3,(H,26,27,28). The maximum Gasteiger partial charge on any atom is 0.420 e. The molecule has 3 aromatic rings. The molecule has 0 atom stereocenters. The number of nitrogens with zero attached hydrogens (tertiary/aromatic N) is 4. The first-order chi connectivity index (χ1) is 16.0. The van der Waals surface area contributed by atoms with E-state index in [0.717, 1.165) is 23.8 Å². The van der Waals surface area contributed by atoms with Gasteiger partial charge in [-0.25, -0.2) is 27.7 Å². The molecule has 2 N–H and O–H groups in total. The molecule has 0 amide bonds. The number of sulfonamides is 1. The number of nitrogens with one attached hydrogen (secondary N) is 1. The Hall–Kier alpha value is -2.61. The predicted molar refractivity (Wildman–Crippen MR) is 123 cm³/mol. The van der Waals surface area contributed by atoms with Crippen LogP contribution in [-0.2, 0) is 22.8 Å². The molecule has 1 aliphatic heterocycles. The minimum Gasteiger partial charge on any atom is -0.392 e. The Morgan fingerprint density at radius 2 is 1.82 bits per heavy atom. The van der Waals surface area contributed by atoms with E-state index in [1.807, 2.05) is 0 Å². The van der Waals surface area contributed by atoms with Crippen molar-refractivity contribution in [1.29, 1.82) is 0 Å². The monoisotopic (exact) mass is 513 g/mol. The number of aromatic nitrogens is 3. The number of aliphatic hydroxyl groups excluding tert-OH is 1. The van der Waals surface area contributed by atoms with Crippen molar-refractivity contribution in [3.8, 4) is 21.1 Å². The van der Waals surface area contributed by atoms with Gasteiger partial charge in [-0.3, -0.25) is 0 Å². The molecule has 1 fully saturated rings. The van der Waals surface area contributed by atoms with Crippen LogP contribution in [0.15, 0.2) is 36.7 Å². The average molecular weight is 514 g/mol. The Labute approximate surface area is 198 Å². The number of rotatable bonds is 6. The number of hydrogen-bond donors (Lipinski definition) is 2. The highest BCUT2D eigenvalue weighted by Gasteiger charge is 2.36. The molecule has 0 aliphatic carbocycles. The summed E-state index contributed by atoms with van der Waals surface area (Å²) in [4.78, 5) is 12.5. The second-order valence-corrected chi connectivity index (χ2v) is 10.9. The van der Waals surface area contributed by atoms with E-state index >= 15 is 0 Å². The van der Waals surface area contributed by atoms with Gasteiger partial charge in [0.1, 0.15) is 10.6 Å². The molecule has 4 rings (SSSR count). The molecule has 0 radical (unpaired) electrons. The SMILES string of the molecule is CS(=O)(=O)N1CCC(Nc2ncc(C(F)(F)F)c(-c3cnc(-c4ccc(CO)cc4)s3)n2)CC1. The second-order valence-electron chi connectivity index (χ2n) is 7.92. The van der Waals surface area contributed by atoms with Gasteiger partial charge in [0.25, 0.3) is 0 Å². The maximum absolute atomic E-state index is 13.7. The highest BCUT2D eigenvalue weighted by atomic mass is 32.2. The molecule has 1 aliphatic rings. The third-order valence-electron chi connectivity index (χ3n) is 5.47. The molecule has 34 heavy (non-hydrogen) atoms. The van der Waals surface area contributed by atoms with E-state index in [2.05, 4.69) is 20.3 Å². The zero-order valence-corrected chi connectivity index (χ0v) is 19.7. The summed E-state index contributed by atoms with van der Waals surface area (Å²) in [5.41, 5.74) is 0.200. The van der Waals surface area contributed by atoms with E-state index in [1.54, 1.807) is 24.3 Å². The van der Waals surface area contributed by atoms with Gasteiger partial charge in [0.2, 0.25) is 16.0 Å². The molecule has 8 nitrogen and oxygen atoms in total. The summed E-state index contributed by atoms with van der Waals surface area (Å²) in [6, 6.07) is 6.77. The third kappa shape index (κ3) is 5.54. The van der Waals surface area contributed by atoms with Crippen LogP contribution in [0, 0.1) is 0 Å². The Morgan fingerprint density at radius 3 is 2.41 bits per heavy atom. The van der Waals surface area contributed by atoms with Gasteiger partial charge >= 0.3 is 6.18 Å². The van der Waals surface area contributed by atoms with Gasteiger partial charge in [0, 0.05) is 37.1 Å². The van der Waals surface area contributed by atoms with Crippen molar-refractivity contribution in [2.75, 3.05) is 24.7 Å². The quantitative estimate of drug-likeness (QED) is 0.518. The number of anilines is 1. The Balaban J connectivity index is 1.59. The van der Waals surface area contributed by atoms with Crippen LogP contribution in [0.5, 0.6) is 0 Å². The van der Waals surface area contributed by atoms with Crippen LogP contribution in [0.2, 0.25) is 0 Å². The van der Waals surface area contributed by atoms with E-state index in [-0.39, 0.29) is 29.2 Å². The minimum atomic E-state index is -4.65. The van der Waals surface area contributed by atoms with Crippen molar-refractivity contribution >= 4 is 27.3 Å². The molecule has 1 saturated heterocycles. The zero-order valence-electron chi connectivity index (χ0n) is 18.1. The van der Waals surface area contributed by atoms with Gasteiger partial charge in [-0.05, 0) is 18.4 Å². The van der Waals surface area contributed by atoms with Gasteiger partial charge in [0.05, 0.1) is 23.4 Å². The summed E-state index contributed by atoms with van der Waals surface area (Å²) in [6.07, 6.45) is -0.418. The fourth-order valence-corrected chi connectivity index (χ4v) is 5.43. The topological polar surface area (TPSA) is 108 Å². The van der Waals surface area contributed by atoms with Crippen molar-refractivity contribution in [1.82, 2.24) is 19.3 Å². The number of hydrogen-bond acceptors (Lipinski definition) is 8. The molecular formula is C21H22F3N5O3S2. The van der Waals surface area contributed by atoms with E-state index in [1.165, 1.54) is 10.5 Å². The molecule has 0 unspecified atom stereocenters. The lowest BCUT2D eigenvalue weighted by Gasteiger charge is -2.30. The molecule has 182 valence electrons. The van der Waals surface area contributed by atoms with E-state index < -0.39 is 21.8 Å². The van der Waals surface area contributed by atoms with Crippen molar-refractivity contribution in [2.24, 2.45) is 0 Å². The van der Waals surface area contributed by atoms with Crippen molar-refractivity contribution in [3.05, 3.63) is 47.8 Å². The zero-order chi connectivity index (χ0) is 24.5. The lowest BCUT2D eigenvalue weighted by molar-refractivity contribution is -0.137. The summed E-state index contributed by atoms with van der Waals surface area (Å²) in [6.45, 7) is 0.525. The Morgan fingerprint density at radius 1 is 1.15 bits per heavy atom. The van der Waals surface area contributed by atoms with Crippen LogP contribution in [0.1, 0.15) is 24.0 Å². The van der Waals surface area contributed by atoms with Crippen LogP contribution in [0.3, 0.4) is 0 Å². The average Bonchev–Trinajstić information content (AvgIpc) is 3.28. The summed E-state index contributed by atoms with van der Waals surface area (Å²) >= 11 is 1.08. The molecular weight excluding hydrogens is 491 g/mol. The van der Waals surface area contributed by atoms with Crippen molar-refractivity contribution < 1.29 is 26.7 Å². The molecule has 13 heteroatoms. The maximum atomic E-state index is 13.7. The lowest BCUT2D eigenvalue weighted by atomic mass is 10.1. The van der Waals surface area contributed by atoms with Gasteiger partial charge < -0.3 is 10.4 Å². The first-order valence-corrected chi connectivity index (χ1v) is 13.0. The normalized spacial score (nSPS) is 16.0. The fraction of sp³-hybridized carbons (Fsp3) is 0.381. The number of alkyl halides is 3. The number of benzene rings is 1. The second kappa shape index (κ2) is 9.56. The molecule has 0 saturated carbocycles. The predicted octanol–water partition coefficient (Wildman–Crippen LogP) is 3.61. The minimum absolute atomic E-state index is 0.0445. The molecule has 2 aromatic heterocycles. The molecule has 0 spiro atoms. The van der Waals surface area contributed by atoms with Crippen molar-refractivity contribution in [3.63, 3.8) is 0 Å². The van der Waals surface area contributed by atoms with E-state index in [4.69, 9.17) is 0 Å².